The van der Waals surface area contributed by atoms with Gasteiger partial charge in [0.25, 0.3) is 0 Å². The highest BCUT2D eigenvalue weighted by atomic mass is 16.5. The first-order valence-electron chi connectivity index (χ1n) is 7.03. The fraction of sp³-hybridized carbons (Fsp3) is 0.118. The summed E-state index contributed by atoms with van der Waals surface area (Å²) in [6, 6.07) is 16.9. The van der Waals surface area contributed by atoms with Crippen LogP contribution >= 0.6 is 0 Å². The average molecular weight is 293 g/mol. The molecule has 2 aromatic heterocycles. The van der Waals surface area contributed by atoms with Crippen LogP contribution in [0.5, 0.6) is 0 Å². The summed E-state index contributed by atoms with van der Waals surface area (Å²) in [6.07, 6.45) is 1.66. The van der Waals surface area contributed by atoms with E-state index in [9.17, 15) is 4.79 Å². The first-order chi connectivity index (χ1) is 10.8. The van der Waals surface area contributed by atoms with Gasteiger partial charge in [0.15, 0.2) is 11.5 Å². The van der Waals surface area contributed by atoms with Crippen LogP contribution in [0, 0.1) is 0 Å². The maximum Gasteiger partial charge on any atom is 0.357 e. The van der Waals surface area contributed by atoms with Crippen molar-refractivity contribution in [1.29, 1.82) is 0 Å². The van der Waals surface area contributed by atoms with E-state index in [2.05, 4.69) is 10.1 Å². The van der Waals surface area contributed by atoms with Crippen molar-refractivity contribution in [3.05, 3.63) is 66.5 Å². The zero-order chi connectivity index (χ0) is 15.4. The van der Waals surface area contributed by atoms with Crippen molar-refractivity contribution in [2.75, 3.05) is 6.61 Å². The van der Waals surface area contributed by atoms with Crippen LogP contribution in [-0.4, -0.2) is 27.3 Å². The number of carbonyl (C=O) groups excluding carboxylic acids is 1. The molecule has 0 spiro atoms. The van der Waals surface area contributed by atoms with Gasteiger partial charge in [-0.15, -0.1) is 0 Å². The number of hydrogen-bond acceptors (Lipinski definition) is 4. The second kappa shape index (κ2) is 6.22. The fourth-order valence-electron chi connectivity index (χ4n) is 2.14. The smallest absolute Gasteiger partial charge is 0.357 e. The molecule has 110 valence electrons. The molecule has 0 radical (unpaired) electrons. The molecular weight excluding hydrogens is 278 g/mol. The lowest BCUT2D eigenvalue weighted by Gasteiger charge is -2.05. The highest BCUT2D eigenvalue weighted by Crippen LogP contribution is 2.21. The monoisotopic (exact) mass is 293 g/mol. The van der Waals surface area contributed by atoms with Crippen LogP contribution in [0.1, 0.15) is 17.4 Å². The number of hydrogen-bond donors (Lipinski definition) is 0. The third kappa shape index (κ3) is 2.74. The van der Waals surface area contributed by atoms with E-state index in [-0.39, 0.29) is 0 Å². The molecule has 0 aliphatic rings. The van der Waals surface area contributed by atoms with Crippen molar-refractivity contribution in [2.45, 2.75) is 6.92 Å². The van der Waals surface area contributed by atoms with Crippen molar-refractivity contribution < 1.29 is 9.53 Å². The van der Waals surface area contributed by atoms with E-state index in [4.69, 9.17) is 4.74 Å². The van der Waals surface area contributed by atoms with Gasteiger partial charge in [-0.3, -0.25) is 0 Å². The molecular formula is C17H15N3O2. The number of benzene rings is 1. The molecule has 0 unspecified atom stereocenters. The van der Waals surface area contributed by atoms with Gasteiger partial charge < -0.3 is 4.74 Å². The van der Waals surface area contributed by atoms with Gasteiger partial charge >= 0.3 is 5.97 Å². The SMILES string of the molecule is CCOC(=O)c1cc(-c2ccccc2)nn1-c1ccccn1. The minimum absolute atomic E-state index is 0.312. The molecule has 0 amide bonds. The standard InChI is InChI=1S/C17H15N3O2/c1-2-22-17(21)15-12-14(13-8-4-3-5-9-13)19-20(15)16-10-6-7-11-18-16/h3-12H,2H2,1H3. The van der Waals surface area contributed by atoms with Gasteiger partial charge in [-0.1, -0.05) is 36.4 Å². The molecule has 1 aromatic carbocycles. The molecule has 5 nitrogen and oxygen atoms in total. The lowest BCUT2D eigenvalue weighted by molar-refractivity contribution is 0.0515. The number of nitrogens with zero attached hydrogens (tertiary/aromatic N) is 3. The molecule has 0 bridgehead atoms. The van der Waals surface area contributed by atoms with Crippen molar-refractivity contribution in [3.8, 4) is 17.1 Å². The molecule has 3 aromatic rings. The lowest BCUT2D eigenvalue weighted by atomic mass is 10.1. The van der Waals surface area contributed by atoms with Gasteiger partial charge in [-0.25, -0.2) is 14.5 Å². The molecule has 0 saturated heterocycles. The minimum atomic E-state index is -0.414. The Morgan fingerprint density at radius 2 is 1.91 bits per heavy atom. The number of rotatable bonds is 4. The van der Waals surface area contributed by atoms with E-state index in [0.29, 0.717) is 23.8 Å². The largest absolute Gasteiger partial charge is 0.461 e. The maximum absolute atomic E-state index is 12.2. The van der Waals surface area contributed by atoms with E-state index in [1.54, 1.807) is 25.3 Å². The Balaban J connectivity index is 2.11. The van der Waals surface area contributed by atoms with Gasteiger partial charge in [-0.2, -0.15) is 5.10 Å². The second-order valence-electron chi connectivity index (χ2n) is 4.60. The van der Waals surface area contributed by atoms with Crippen LogP contribution < -0.4 is 0 Å². The van der Waals surface area contributed by atoms with Gasteiger partial charge in [0.05, 0.1) is 12.3 Å². The zero-order valence-electron chi connectivity index (χ0n) is 12.1. The van der Waals surface area contributed by atoms with Crippen molar-refractivity contribution in [2.24, 2.45) is 0 Å². The van der Waals surface area contributed by atoms with Crippen LogP contribution in [0.3, 0.4) is 0 Å². The molecule has 0 fully saturated rings. The first-order valence-corrected chi connectivity index (χ1v) is 7.03. The fourth-order valence-corrected chi connectivity index (χ4v) is 2.14. The van der Waals surface area contributed by atoms with Gasteiger partial charge in [0, 0.05) is 11.8 Å². The van der Waals surface area contributed by atoms with Crippen LogP contribution in [0.4, 0.5) is 0 Å². The number of ether oxygens (including phenoxy) is 1. The topological polar surface area (TPSA) is 57.0 Å². The van der Waals surface area contributed by atoms with Crippen LogP contribution in [0.2, 0.25) is 0 Å². The summed E-state index contributed by atoms with van der Waals surface area (Å²) in [5.74, 6) is 0.163. The quantitative estimate of drug-likeness (QED) is 0.694. The van der Waals surface area contributed by atoms with E-state index in [1.807, 2.05) is 42.5 Å². The molecule has 3 rings (SSSR count). The van der Waals surface area contributed by atoms with Crippen LogP contribution in [0.25, 0.3) is 17.1 Å². The summed E-state index contributed by atoms with van der Waals surface area (Å²) >= 11 is 0. The number of aromatic nitrogens is 3. The maximum atomic E-state index is 12.2. The minimum Gasteiger partial charge on any atom is -0.461 e. The molecule has 0 aliphatic carbocycles. The average Bonchev–Trinajstić information content (AvgIpc) is 3.02. The molecule has 5 heteroatoms. The van der Waals surface area contributed by atoms with Crippen molar-refractivity contribution in [1.82, 2.24) is 14.8 Å². The van der Waals surface area contributed by atoms with E-state index in [0.717, 1.165) is 5.56 Å². The Hall–Kier alpha value is -2.95. The number of carbonyl (C=O) groups is 1. The Labute approximate surface area is 128 Å². The normalized spacial score (nSPS) is 10.4. The molecule has 0 N–H and O–H groups in total. The molecule has 0 aliphatic heterocycles. The number of pyridine rings is 1. The molecule has 2 heterocycles. The summed E-state index contributed by atoms with van der Waals surface area (Å²) in [6.45, 7) is 2.09. The Morgan fingerprint density at radius 3 is 2.59 bits per heavy atom. The predicted octanol–water partition coefficient (Wildman–Crippen LogP) is 3.11. The Morgan fingerprint density at radius 1 is 1.14 bits per heavy atom. The zero-order valence-corrected chi connectivity index (χ0v) is 12.1. The van der Waals surface area contributed by atoms with E-state index < -0.39 is 5.97 Å². The third-order valence-corrected chi connectivity index (χ3v) is 3.13. The third-order valence-electron chi connectivity index (χ3n) is 3.13. The molecule has 0 saturated carbocycles. The summed E-state index contributed by atoms with van der Waals surface area (Å²) in [4.78, 5) is 16.4. The predicted molar refractivity (Wildman–Crippen MR) is 82.8 cm³/mol. The lowest BCUT2D eigenvalue weighted by Crippen LogP contribution is -2.12. The van der Waals surface area contributed by atoms with Gasteiger partial charge in [0.2, 0.25) is 0 Å². The Kier molecular flexibility index (Phi) is 3.96. The highest BCUT2D eigenvalue weighted by molar-refractivity contribution is 5.89. The number of esters is 1. The highest BCUT2D eigenvalue weighted by Gasteiger charge is 2.18. The summed E-state index contributed by atoms with van der Waals surface area (Å²) in [5.41, 5.74) is 2.00. The van der Waals surface area contributed by atoms with Crippen LogP contribution in [0.15, 0.2) is 60.8 Å². The van der Waals surface area contributed by atoms with Crippen LogP contribution in [-0.2, 0) is 4.74 Å². The second-order valence-corrected chi connectivity index (χ2v) is 4.60. The molecule has 0 atom stereocenters. The van der Waals surface area contributed by atoms with Crippen molar-refractivity contribution >= 4 is 5.97 Å². The molecule has 22 heavy (non-hydrogen) atoms. The van der Waals surface area contributed by atoms with E-state index >= 15 is 0 Å². The van der Waals surface area contributed by atoms with Crippen molar-refractivity contribution in [3.63, 3.8) is 0 Å². The van der Waals surface area contributed by atoms with Gasteiger partial charge in [-0.05, 0) is 25.1 Å². The summed E-state index contributed by atoms with van der Waals surface area (Å²) in [7, 11) is 0. The summed E-state index contributed by atoms with van der Waals surface area (Å²) in [5, 5.41) is 4.51. The van der Waals surface area contributed by atoms with E-state index in [1.165, 1.54) is 4.68 Å². The first kappa shape index (κ1) is 14.0. The van der Waals surface area contributed by atoms with Gasteiger partial charge in [0.1, 0.15) is 0 Å². The Bertz CT molecular complexity index is 767. The summed E-state index contributed by atoms with van der Waals surface area (Å²) < 4.78 is 6.63.